The van der Waals surface area contributed by atoms with Crippen molar-refractivity contribution in [3.05, 3.63) is 95.1 Å². The highest BCUT2D eigenvalue weighted by molar-refractivity contribution is 5.80. The third kappa shape index (κ3) is 8.47. The molecule has 0 radical (unpaired) electrons. The Morgan fingerprint density at radius 1 is 0.837 bits per heavy atom. The Kier molecular flexibility index (Phi) is 9.95. The lowest BCUT2D eigenvalue weighted by atomic mass is 9.88. The number of carbonyl (C=O) groups is 2. The maximum Gasteiger partial charge on any atom is 0.407 e. The second kappa shape index (κ2) is 13.5. The van der Waals surface area contributed by atoms with Crippen LogP contribution in [-0.2, 0) is 22.4 Å². The standard InChI is InChI=1S/C33H40N2O8/c1-33(2,3)43-32(42)34-26(17-20-10-14-23(37)15-11-20)27(38)18-21(16-19-8-12-22(36)13-9-19)31(41)35-28-24-6-4-5-7-25(24)29(39)30(28)40/h4-15,21,26-30,36-40H,16-18H2,1-3H3,(H,34,42)(H,35,41)/t21-,26+,27+,28+,29-,30-/m1/s1. The van der Waals surface area contributed by atoms with E-state index in [0.29, 0.717) is 11.1 Å². The normalized spacial score (nSPS) is 20.0. The summed E-state index contributed by atoms with van der Waals surface area (Å²) in [5, 5.41) is 57.8. The van der Waals surface area contributed by atoms with Gasteiger partial charge in [-0.15, -0.1) is 0 Å². The van der Waals surface area contributed by atoms with Gasteiger partial charge in [-0.2, -0.15) is 0 Å². The number of ether oxygens (including phenoxy) is 1. The summed E-state index contributed by atoms with van der Waals surface area (Å²) in [5.41, 5.74) is 1.83. The number of hydrogen-bond donors (Lipinski definition) is 7. The van der Waals surface area contributed by atoms with Crippen molar-refractivity contribution in [2.24, 2.45) is 5.92 Å². The molecule has 0 saturated heterocycles. The Morgan fingerprint density at radius 3 is 1.93 bits per heavy atom. The van der Waals surface area contributed by atoms with Gasteiger partial charge < -0.3 is 40.9 Å². The first-order chi connectivity index (χ1) is 20.3. The van der Waals surface area contributed by atoms with Crippen LogP contribution in [0.4, 0.5) is 4.79 Å². The van der Waals surface area contributed by atoms with Crippen LogP contribution >= 0.6 is 0 Å². The van der Waals surface area contributed by atoms with Crippen LogP contribution < -0.4 is 10.6 Å². The lowest BCUT2D eigenvalue weighted by molar-refractivity contribution is -0.128. The van der Waals surface area contributed by atoms with Crippen LogP contribution in [0, 0.1) is 5.92 Å². The molecule has 0 aliphatic heterocycles. The molecule has 43 heavy (non-hydrogen) atoms. The predicted molar refractivity (Wildman–Crippen MR) is 159 cm³/mol. The Balaban J connectivity index is 1.58. The van der Waals surface area contributed by atoms with Gasteiger partial charge in [0.05, 0.1) is 18.2 Å². The maximum absolute atomic E-state index is 13.8. The average molecular weight is 593 g/mol. The van der Waals surface area contributed by atoms with Gasteiger partial charge in [-0.3, -0.25) is 4.79 Å². The van der Waals surface area contributed by atoms with Crippen molar-refractivity contribution < 1.29 is 39.9 Å². The highest BCUT2D eigenvalue weighted by Crippen LogP contribution is 2.39. The molecule has 10 heteroatoms. The van der Waals surface area contributed by atoms with E-state index < -0.39 is 53.9 Å². The zero-order valence-electron chi connectivity index (χ0n) is 24.5. The summed E-state index contributed by atoms with van der Waals surface area (Å²) in [7, 11) is 0. The van der Waals surface area contributed by atoms with Gasteiger partial charge in [0.2, 0.25) is 5.91 Å². The molecule has 230 valence electrons. The number of benzene rings is 3. The summed E-state index contributed by atoms with van der Waals surface area (Å²) >= 11 is 0. The number of fused-ring (bicyclic) bond motifs is 1. The number of aliphatic hydroxyl groups is 3. The SMILES string of the molecule is CC(C)(C)OC(=O)N[C@@H](Cc1ccc(O)cc1)[C@@H](O)C[C@@H](Cc1ccc(O)cc1)C(=O)N[C@H]1c2ccccc2[C@@H](O)[C@@H]1O. The van der Waals surface area contributed by atoms with Gasteiger partial charge in [-0.1, -0.05) is 48.5 Å². The molecule has 1 aliphatic carbocycles. The molecule has 0 heterocycles. The van der Waals surface area contributed by atoms with Crippen molar-refractivity contribution in [3.8, 4) is 11.5 Å². The smallest absolute Gasteiger partial charge is 0.407 e. The quantitative estimate of drug-likeness (QED) is 0.188. The summed E-state index contributed by atoms with van der Waals surface area (Å²) in [6, 6.07) is 18.0. The second-order valence-corrected chi connectivity index (χ2v) is 12.0. The lowest BCUT2D eigenvalue weighted by Gasteiger charge is -2.30. The van der Waals surface area contributed by atoms with Crippen molar-refractivity contribution >= 4 is 12.0 Å². The van der Waals surface area contributed by atoms with Gasteiger partial charge in [0.15, 0.2) is 0 Å². The molecule has 3 aromatic carbocycles. The van der Waals surface area contributed by atoms with Crippen molar-refractivity contribution in [3.63, 3.8) is 0 Å². The molecule has 4 rings (SSSR count). The Bertz CT molecular complexity index is 1390. The van der Waals surface area contributed by atoms with Crippen molar-refractivity contribution in [2.45, 2.75) is 76.0 Å². The van der Waals surface area contributed by atoms with Gasteiger partial charge in [0.1, 0.15) is 29.3 Å². The van der Waals surface area contributed by atoms with E-state index in [-0.39, 0.29) is 30.8 Å². The van der Waals surface area contributed by atoms with Gasteiger partial charge in [0.25, 0.3) is 0 Å². The van der Waals surface area contributed by atoms with Gasteiger partial charge in [-0.05, 0) is 86.6 Å². The van der Waals surface area contributed by atoms with Crippen LogP contribution in [-0.4, -0.2) is 61.4 Å². The van der Waals surface area contributed by atoms with Crippen LogP contribution in [0.3, 0.4) is 0 Å². The zero-order chi connectivity index (χ0) is 31.3. The van der Waals surface area contributed by atoms with E-state index in [4.69, 9.17) is 4.74 Å². The molecular formula is C33H40N2O8. The molecule has 0 aromatic heterocycles. The van der Waals surface area contributed by atoms with E-state index in [1.54, 1.807) is 69.3 Å². The number of aliphatic hydroxyl groups excluding tert-OH is 3. The number of alkyl carbamates (subject to hydrolysis) is 1. The first kappa shape index (κ1) is 31.8. The summed E-state index contributed by atoms with van der Waals surface area (Å²) in [6.07, 6.45) is -4.04. The van der Waals surface area contributed by atoms with Crippen LogP contribution in [0.1, 0.15) is 61.6 Å². The maximum atomic E-state index is 13.8. The fourth-order valence-electron chi connectivity index (χ4n) is 5.33. The molecule has 0 bridgehead atoms. The molecule has 0 fully saturated rings. The molecule has 0 spiro atoms. The van der Waals surface area contributed by atoms with Crippen LogP contribution in [0.5, 0.6) is 11.5 Å². The Morgan fingerprint density at radius 2 is 1.37 bits per heavy atom. The third-order valence-electron chi connectivity index (χ3n) is 7.49. The molecule has 1 aliphatic rings. The van der Waals surface area contributed by atoms with E-state index in [2.05, 4.69) is 10.6 Å². The fraction of sp³-hybridized carbons (Fsp3) is 0.394. The number of phenols is 2. The minimum atomic E-state index is -1.25. The molecule has 6 atom stereocenters. The molecule has 7 N–H and O–H groups in total. The van der Waals surface area contributed by atoms with Crippen molar-refractivity contribution in [1.82, 2.24) is 10.6 Å². The van der Waals surface area contributed by atoms with Crippen LogP contribution in [0.2, 0.25) is 0 Å². The first-order valence-corrected chi connectivity index (χ1v) is 14.3. The number of carbonyl (C=O) groups excluding carboxylic acids is 2. The lowest BCUT2D eigenvalue weighted by Crippen LogP contribution is -2.48. The van der Waals surface area contributed by atoms with Crippen molar-refractivity contribution in [2.75, 3.05) is 0 Å². The molecule has 0 saturated carbocycles. The Labute approximate surface area is 251 Å². The van der Waals surface area contributed by atoms with E-state index >= 15 is 0 Å². The highest BCUT2D eigenvalue weighted by atomic mass is 16.6. The van der Waals surface area contributed by atoms with E-state index in [1.807, 2.05) is 0 Å². The largest absolute Gasteiger partial charge is 0.508 e. The van der Waals surface area contributed by atoms with Gasteiger partial charge >= 0.3 is 6.09 Å². The number of amides is 2. The summed E-state index contributed by atoms with van der Waals surface area (Å²) < 4.78 is 5.42. The summed E-state index contributed by atoms with van der Waals surface area (Å²) in [4.78, 5) is 26.5. The van der Waals surface area contributed by atoms with Crippen molar-refractivity contribution in [1.29, 1.82) is 0 Å². The van der Waals surface area contributed by atoms with Gasteiger partial charge in [0, 0.05) is 5.92 Å². The van der Waals surface area contributed by atoms with Crippen LogP contribution in [0.15, 0.2) is 72.8 Å². The summed E-state index contributed by atoms with van der Waals surface area (Å²) in [6.45, 7) is 5.17. The van der Waals surface area contributed by atoms with Crippen LogP contribution in [0.25, 0.3) is 0 Å². The molecule has 0 unspecified atom stereocenters. The topological polar surface area (TPSA) is 169 Å². The fourth-order valence-corrected chi connectivity index (χ4v) is 5.33. The molecular weight excluding hydrogens is 552 g/mol. The van der Waals surface area contributed by atoms with E-state index in [1.165, 1.54) is 24.3 Å². The number of rotatable bonds is 10. The van der Waals surface area contributed by atoms with Gasteiger partial charge in [-0.25, -0.2) is 4.79 Å². The minimum Gasteiger partial charge on any atom is -0.508 e. The minimum absolute atomic E-state index is 0.0694. The monoisotopic (exact) mass is 592 g/mol. The third-order valence-corrected chi connectivity index (χ3v) is 7.49. The number of hydrogen-bond acceptors (Lipinski definition) is 8. The zero-order valence-corrected chi connectivity index (χ0v) is 24.5. The second-order valence-electron chi connectivity index (χ2n) is 12.0. The Hall–Kier alpha value is -4.12. The highest BCUT2D eigenvalue weighted by Gasteiger charge is 2.40. The first-order valence-electron chi connectivity index (χ1n) is 14.3. The van der Waals surface area contributed by atoms with E-state index in [9.17, 15) is 35.1 Å². The molecule has 2 amide bonds. The number of phenolic OH excluding ortho intramolecular Hbond substituents is 2. The number of aromatic hydroxyl groups is 2. The summed E-state index contributed by atoms with van der Waals surface area (Å²) in [5.74, 6) is -1.13. The average Bonchev–Trinajstić information content (AvgIpc) is 3.18. The molecule has 10 nitrogen and oxygen atoms in total. The predicted octanol–water partition coefficient (Wildman–Crippen LogP) is 3.41. The van der Waals surface area contributed by atoms with E-state index in [0.717, 1.165) is 11.1 Å². The number of nitrogens with one attached hydrogen (secondary N) is 2. The molecule has 3 aromatic rings.